The van der Waals surface area contributed by atoms with E-state index in [0.29, 0.717) is 5.92 Å². The Hall–Kier alpha value is -2.27. The molecule has 0 spiro atoms. The fourth-order valence-electron chi connectivity index (χ4n) is 3.35. The maximum Gasteiger partial charge on any atom is 0.263 e. The van der Waals surface area contributed by atoms with E-state index in [4.69, 9.17) is 0 Å². The van der Waals surface area contributed by atoms with Gasteiger partial charge in [0.1, 0.15) is 5.82 Å². The third kappa shape index (κ3) is 2.91. The van der Waals surface area contributed by atoms with Crippen molar-refractivity contribution in [3.8, 4) is 0 Å². The third-order valence-electron chi connectivity index (χ3n) is 4.56. The maximum atomic E-state index is 12.9. The molecule has 3 aromatic rings. The molecule has 1 amide bonds. The number of hydrogen-bond donors (Lipinski definition) is 0. The van der Waals surface area contributed by atoms with E-state index in [2.05, 4.69) is 22.1 Å². The lowest BCUT2D eigenvalue weighted by Crippen LogP contribution is -2.39. The number of thiophene rings is 1. The van der Waals surface area contributed by atoms with Gasteiger partial charge in [0.25, 0.3) is 5.91 Å². The summed E-state index contributed by atoms with van der Waals surface area (Å²) in [5, 5.41) is 1.14. The summed E-state index contributed by atoms with van der Waals surface area (Å²) in [5.41, 5.74) is 1.05. The number of benzene rings is 1. The van der Waals surface area contributed by atoms with Gasteiger partial charge in [-0.1, -0.05) is 18.2 Å². The molecular weight excluding hydrogens is 318 g/mol. The van der Waals surface area contributed by atoms with E-state index in [1.165, 1.54) is 4.70 Å². The van der Waals surface area contributed by atoms with Gasteiger partial charge in [0.15, 0.2) is 0 Å². The second-order valence-corrected chi connectivity index (χ2v) is 7.35. The van der Waals surface area contributed by atoms with Crippen molar-refractivity contribution in [2.45, 2.75) is 25.7 Å². The molecule has 0 radical (unpaired) electrons. The predicted octanol–water partition coefficient (Wildman–Crippen LogP) is 4.02. The second kappa shape index (κ2) is 6.32. The molecule has 0 saturated carbocycles. The van der Waals surface area contributed by atoms with Crippen LogP contribution in [0.25, 0.3) is 10.1 Å². The van der Waals surface area contributed by atoms with Crippen LogP contribution in [0.5, 0.6) is 0 Å². The molecule has 0 unspecified atom stereocenters. The van der Waals surface area contributed by atoms with Gasteiger partial charge in [0.05, 0.1) is 4.88 Å². The minimum Gasteiger partial charge on any atom is -0.337 e. The highest BCUT2D eigenvalue weighted by molar-refractivity contribution is 7.20. The molecule has 2 aromatic heterocycles. The van der Waals surface area contributed by atoms with Crippen LogP contribution in [0.15, 0.2) is 42.6 Å². The Kier molecular flexibility index (Phi) is 4.02. The first kappa shape index (κ1) is 15.3. The van der Waals surface area contributed by atoms with E-state index in [1.54, 1.807) is 11.3 Å². The molecule has 1 saturated heterocycles. The Morgan fingerprint density at radius 3 is 3.00 bits per heavy atom. The van der Waals surface area contributed by atoms with Crippen molar-refractivity contribution >= 4 is 27.3 Å². The average molecular weight is 337 g/mol. The summed E-state index contributed by atoms with van der Waals surface area (Å²) >= 11 is 1.58. The molecule has 0 N–H and O–H groups in total. The van der Waals surface area contributed by atoms with Crippen LogP contribution in [-0.2, 0) is 0 Å². The maximum absolute atomic E-state index is 12.9. The van der Waals surface area contributed by atoms with Crippen LogP contribution in [0.2, 0.25) is 0 Å². The van der Waals surface area contributed by atoms with Crippen molar-refractivity contribution in [2.75, 3.05) is 13.1 Å². The lowest BCUT2D eigenvalue weighted by atomic mass is 9.94. The van der Waals surface area contributed by atoms with Crippen molar-refractivity contribution in [3.63, 3.8) is 0 Å². The Labute approximate surface area is 145 Å². The number of likely N-dealkylation sites (tertiary alicyclic amines) is 1. The predicted molar refractivity (Wildman–Crippen MR) is 96.5 cm³/mol. The van der Waals surface area contributed by atoms with Crippen LogP contribution in [-0.4, -0.2) is 33.9 Å². The highest BCUT2D eigenvalue weighted by atomic mass is 32.1. The van der Waals surface area contributed by atoms with Crippen molar-refractivity contribution in [1.82, 2.24) is 14.9 Å². The number of amides is 1. The van der Waals surface area contributed by atoms with E-state index in [0.717, 1.165) is 47.7 Å². The van der Waals surface area contributed by atoms with Gasteiger partial charge in [0, 0.05) is 35.6 Å². The Morgan fingerprint density at radius 2 is 2.17 bits per heavy atom. The summed E-state index contributed by atoms with van der Waals surface area (Å²) in [4.78, 5) is 24.5. The minimum absolute atomic E-state index is 0.145. The third-order valence-corrected chi connectivity index (χ3v) is 5.66. The molecule has 0 bridgehead atoms. The van der Waals surface area contributed by atoms with Gasteiger partial charge in [-0.2, -0.15) is 0 Å². The van der Waals surface area contributed by atoms with Gasteiger partial charge in [-0.05, 0) is 43.4 Å². The molecule has 24 heavy (non-hydrogen) atoms. The number of piperidine rings is 1. The van der Waals surface area contributed by atoms with Gasteiger partial charge < -0.3 is 4.90 Å². The minimum atomic E-state index is 0.145. The largest absolute Gasteiger partial charge is 0.337 e. The number of carbonyl (C=O) groups excluding carboxylic acids is 1. The lowest BCUT2D eigenvalue weighted by Gasteiger charge is -2.32. The van der Waals surface area contributed by atoms with Gasteiger partial charge in [-0.3, -0.25) is 4.79 Å². The molecular formula is C19H19N3OS. The molecule has 4 rings (SSSR count). The van der Waals surface area contributed by atoms with Gasteiger partial charge in [0.2, 0.25) is 0 Å². The Morgan fingerprint density at radius 1 is 1.29 bits per heavy atom. The van der Waals surface area contributed by atoms with Crippen molar-refractivity contribution in [2.24, 2.45) is 0 Å². The van der Waals surface area contributed by atoms with E-state index in [1.807, 2.05) is 42.3 Å². The van der Waals surface area contributed by atoms with Crippen LogP contribution in [0.3, 0.4) is 0 Å². The zero-order chi connectivity index (χ0) is 16.5. The fourth-order valence-corrected chi connectivity index (χ4v) is 4.38. The first-order chi connectivity index (χ1) is 11.7. The standard InChI is InChI=1S/C19H19N3OS/c1-13-20-9-8-16(21-13)15-6-4-10-22(12-15)19(23)18-11-14-5-2-3-7-17(14)24-18/h2-3,5,7-9,11,15H,4,6,10,12H2,1H3/t15-/m1/s1. The molecule has 0 aliphatic carbocycles. The van der Waals surface area contributed by atoms with E-state index >= 15 is 0 Å². The van der Waals surface area contributed by atoms with Gasteiger partial charge >= 0.3 is 0 Å². The molecule has 4 nitrogen and oxygen atoms in total. The zero-order valence-corrected chi connectivity index (χ0v) is 14.4. The van der Waals surface area contributed by atoms with Crippen LogP contribution in [0.4, 0.5) is 0 Å². The number of aryl methyl sites for hydroxylation is 1. The van der Waals surface area contributed by atoms with Crippen molar-refractivity contribution < 1.29 is 4.79 Å². The average Bonchev–Trinajstić information content (AvgIpc) is 3.05. The molecule has 1 fully saturated rings. The quantitative estimate of drug-likeness (QED) is 0.709. The Bertz CT molecular complexity index is 856. The highest BCUT2D eigenvalue weighted by Crippen LogP contribution is 2.30. The van der Waals surface area contributed by atoms with Crippen LogP contribution in [0, 0.1) is 6.92 Å². The van der Waals surface area contributed by atoms with Crippen molar-refractivity contribution in [3.05, 3.63) is 59.0 Å². The molecule has 5 heteroatoms. The van der Waals surface area contributed by atoms with Gasteiger partial charge in [-0.25, -0.2) is 9.97 Å². The van der Waals surface area contributed by atoms with Crippen LogP contribution in [0.1, 0.15) is 39.9 Å². The lowest BCUT2D eigenvalue weighted by molar-refractivity contribution is 0.0711. The molecule has 1 atom stereocenters. The summed E-state index contributed by atoms with van der Waals surface area (Å²) in [6, 6.07) is 12.1. The van der Waals surface area contributed by atoms with E-state index < -0.39 is 0 Å². The zero-order valence-electron chi connectivity index (χ0n) is 13.6. The molecule has 1 aliphatic heterocycles. The Balaban J connectivity index is 1.56. The van der Waals surface area contributed by atoms with E-state index in [-0.39, 0.29) is 5.91 Å². The smallest absolute Gasteiger partial charge is 0.263 e. The van der Waals surface area contributed by atoms with Crippen LogP contribution < -0.4 is 0 Å². The highest BCUT2D eigenvalue weighted by Gasteiger charge is 2.27. The van der Waals surface area contributed by atoms with E-state index in [9.17, 15) is 4.79 Å². The molecule has 122 valence electrons. The number of fused-ring (bicyclic) bond motifs is 1. The molecule has 1 aliphatic rings. The topological polar surface area (TPSA) is 46.1 Å². The summed E-state index contributed by atoms with van der Waals surface area (Å²) in [6.45, 7) is 3.48. The number of hydrogen-bond acceptors (Lipinski definition) is 4. The number of rotatable bonds is 2. The SMILES string of the molecule is Cc1nccc([C@@H]2CCCN(C(=O)c3cc4ccccc4s3)C2)n1. The first-order valence-electron chi connectivity index (χ1n) is 8.28. The van der Waals surface area contributed by atoms with Crippen LogP contribution >= 0.6 is 11.3 Å². The molecule has 3 heterocycles. The second-order valence-electron chi connectivity index (χ2n) is 6.27. The van der Waals surface area contributed by atoms with Crippen molar-refractivity contribution in [1.29, 1.82) is 0 Å². The summed E-state index contributed by atoms with van der Waals surface area (Å²) in [7, 11) is 0. The number of nitrogens with zero attached hydrogens (tertiary/aromatic N) is 3. The normalized spacial score (nSPS) is 18.0. The summed E-state index contributed by atoms with van der Waals surface area (Å²) in [6.07, 6.45) is 3.90. The fraction of sp³-hybridized carbons (Fsp3) is 0.316. The molecule has 1 aromatic carbocycles. The number of aromatic nitrogens is 2. The summed E-state index contributed by atoms with van der Waals surface area (Å²) < 4.78 is 1.17. The van der Waals surface area contributed by atoms with Gasteiger partial charge in [-0.15, -0.1) is 11.3 Å². The summed E-state index contributed by atoms with van der Waals surface area (Å²) in [5.74, 6) is 1.24. The first-order valence-corrected chi connectivity index (χ1v) is 9.10. The monoisotopic (exact) mass is 337 g/mol. The number of carbonyl (C=O) groups is 1.